The van der Waals surface area contributed by atoms with Crippen LogP contribution >= 0.6 is 43.6 Å². The van der Waals surface area contributed by atoms with Gasteiger partial charge in [0.05, 0.1) is 10.6 Å². The fourth-order valence-corrected chi connectivity index (χ4v) is 2.87. The largest absolute Gasteiger partial charge is 0.392 e. The summed E-state index contributed by atoms with van der Waals surface area (Å²) in [6.07, 6.45) is 1.42. The molecule has 78 valence electrons. The summed E-state index contributed by atoms with van der Waals surface area (Å²) in [4.78, 5) is 4.26. The second-order valence-corrected chi connectivity index (χ2v) is 6.14. The van der Waals surface area contributed by atoms with Gasteiger partial charge < -0.3 is 5.11 Å². The predicted octanol–water partition coefficient (Wildman–Crippen LogP) is 3.47. The molecule has 2 nitrogen and oxygen atoms in total. The molecule has 0 spiro atoms. The Bertz CT molecular complexity index is 320. The van der Waals surface area contributed by atoms with E-state index in [0.717, 1.165) is 14.0 Å². The van der Waals surface area contributed by atoms with Crippen LogP contribution in [-0.2, 0) is 0 Å². The third-order valence-corrected chi connectivity index (χ3v) is 4.37. The highest BCUT2D eigenvalue weighted by atomic mass is 79.9. The Kier molecular flexibility index (Phi) is 4.90. The van der Waals surface area contributed by atoms with E-state index in [1.54, 1.807) is 24.9 Å². The first-order chi connectivity index (χ1) is 6.50. The first-order valence-electron chi connectivity index (χ1n) is 4.16. The van der Waals surface area contributed by atoms with Gasteiger partial charge in [-0.1, -0.05) is 18.7 Å². The number of aromatic nitrogens is 1. The van der Waals surface area contributed by atoms with Gasteiger partial charge in [0.2, 0.25) is 0 Å². The number of pyridine rings is 1. The van der Waals surface area contributed by atoms with E-state index in [4.69, 9.17) is 0 Å². The molecule has 2 atom stereocenters. The van der Waals surface area contributed by atoms with E-state index >= 15 is 0 Å². The van der Waals surface area contributed by atoms with Gasteiger partial charge in [-0.05, 0) is 44.8 Å². The highest BCUT2D eigenvalue weighted by Gasteiger charge is 2.13. The molecule has 1 aromatic rings. The van der Waals surface area contributed by atoms with Crippen LogP contribution in [-0.4, -0.2) is 21.4 Å². The summed E-state index contributed by atoms with van der Waals surface area (Å²) in [6, 6.07) is 1.95. The minimum atomic E-state index is -0.336. The topological polar surface area (TPSA) is 33.1 Å². The lowest BCUT2D eigenvalue weighted by atomic mass is 10.3. The van der Waals surface area contributed by atoms with Gasteiger partial charge in [0.1, 0.15) is 5.03 Å². The van der Waals surface area contributed by atoms with Gasteiger partial charge in [-0.2, -0.15) is 0 Å². The number of rotatable bonds is 3. The molecule has 0 aliphatic rings. The molecule has 2 unspecified atom stereocenters. The minimum Gasteiger partial charge on any atom is -0.392 e. The molecule has 0 aliphatic heterocycles. The second-order valence-electron chi connectivity index (χ2n) is 3.00. The summed E-state index contributed by atoms with van der Waals surface area (Å²) in [7, 11) is 0. The lowest BCUT2D eigenvalue weighted by Crippen LogP contribution is -2.15. The molecule has 1 rings (SSSR count). The molecule has 0 aliphatic carbocycles. The summed E-state index contributed by atoms with van der Waals surface area (Å²) in [5.41, 5.74) is 0. The Morgan fingerprint density at radius 3 is 2.57 bits per heavy atom. The van der Waals surface area contributed by atoms with E-state index in [-0.39, 0.29) is 11.4 Å². The van der Waals surface area contributed by atoms with Gasteiger partial charge in [-0.15, -0.1) is 0 Å². The van der Waals surface area contributed by atoms with Gasteiger partial charge in [0, 0.05) is 15.9 Å². The van der Waals surface area contributed by atoms with Crippen LogP contribution in [0.4, 0.5) is 0 Å². The third kappa shape index (κ3) is 3.53. The number of thioether (sulfide) groups is 1. The molecule has 1 aromatic heterocycles. The zero-order valence-electron chi connectivity index (χ0n) is 7.87. The van der Waals surface area contributed by atoms with Crippen molar-refractivity contribution in [3.05, 3.63) is 21.2 Å². The summed E-state index contributed by atoms with van der Waals surface area (Å²) in [6.45, 7) is 3.76. The number of hydrogen-bond acceptors (Lipinski definition) is 3. The van der Waals surface area contributed by atoms with Crippen LogP contribution in [0.15, 0.2) is 26.2 Å². The first kappa shape index (κ1) is 12.5. The van der Waals surface area contributed by atoms with Crippen LogP contribution < -0.4 is 0 Å². The van der Waals surface area contributed by atoms with Crippen molar-refractivity contribution in [2.45, 2.75) is 30.2 Å². The Morgan fingerprint density at radius 2 is 2.07 bits per heavy atom. The Balaban J connectivity index is 2.77. The molecule has 0 aromatic carbocycles. The molecule has 5 heteroatoms. The molecule has 0 saturated heterocycles. The fourth-order valence-electron chi connectivity index (χ4n) is 0.763. The van der Waals surface area contributed by atoms with Gasteiger partial charge in [0.15, 0.2) is 0 Å². The summed E-state index contributed by atoms with van der Waals surface area (Å²) in [5, 5.41) is 10.4. The zero-order valence-corrected chi connectivity index (χ0v) is 11.9. The second kappa shape index (κ2) is 5.49. The molecule has 0 amide bonds. The SMILES string of the molecule is CC(O)C(C)Sc1ncc(Br)cc1Br. The average Bonchev–Trinajstić information content (AvgIpc) is 2.09. The zero-order chi connectivity index (χ0) is 10.7. The van der Waals surface area contributed by atoms with Gasteiger partial charge in [0.25, 0.3) is 0 Å². The number of hydrogen-bond donors (Lipinski definition) is 1. The maximum Gasteiger partial charge on any atom is 0.111 e. The van der Waals surface area contributed by atoms with Crippen molar-refractivity contribution in [2.24, 2.45) is 0 Å². The van der Waals surface area contributed by atoms with E-state index in [1.165, 1.54) is 0 Å². The molecule has 0 radical (unpaired) electrons. The molecule has 14 heavy (non-hydrogen) atoms. The van der Waals surface area contributed by atoms with Gasteiger partial charge in [-0.3, -0.25) is 0 Å². The van der Waals surface area contributed by atoms with Crippen molar-refractivity contribution in [1.29, 1.82) is 0 Å². The van der Waals surface area contributed by atoms with Crippen LogP contribution in [0.5, 0.6) is 0 Å². The highest BCUT2D eigenvalue weighted by Crippen LogP contribution is 2.31. The predicted molar refractivity (Wildman–Crippen MR) is 66.6 cm³/mol. The van der Waals surface area contributed by atoms with E-state index in [2.05, 4.69) is 36.8 Å². The number of halogens is 2. The Hall–Kier alpha value is 0.420. The van der Waals surface area contributed by atoms with Crippen LogP contribution in [0.2, 0.25) is 0 Å². The van der Waals surface area contributed by atoms with E-state index in [9.17, 15) is 5.11 Å². The van der Waals surface area contributed by atoms with Gasteiger partial charge >= 0.3 is 0 Å². The van der Waals surface area contributed by atoms with Crippen LogP contribution in [0.1, 0.15) is 13.8 Å². The van der Waals surface area contributed by atoms with Crippen molar-refractivity contribution in [3.8, 4) is 0 Å². The molecular formula is C9H11Br2NOS. The van der Waals surface area contributed by atoms with Crippen molar-refractivity contribution >= 4 is 43.6 Å². The fraction of sp³-hybridized carbons (Fsp3) is 0.444. The summed E-state index contributed by atoms with van der Waals surface area (Å²) in [5.74, 6) is 0. The third-order valence-electron chi connectivity index (χ3n) is 1.75. The summed E-state index contributed by atoms with van der Waals surface area (Å²) >= 11 is 8.33. The van der Waals surface area contributed by atoms with E-state index in [0.29, 0.717) is 0 Å². The molecule has 0 saturated carbocycles. The maximum absolute atomic E-state index is 9.35. The lowest BCUT2D eigenvalue weighted by molar-refractivity contribution is 0.196. The molecule has 1 N–H and O–H groups in total. The van der Waals surface area contributed by atoms with Crippen LogP contribution in [0, 0.1) is 0 Å². The lowest BCUT2D eigenvalue weighted by Gasteiger charge is -2.14. The molecule has 1 heterocycles. The van der Waals surface area contributed by atoms with E-state index in [1.807, 2.05) is 13.0 Å². The number of aliphatic hydroxyl groups excluding tert-OH is 1. The number of aliphatic hydroxyl groups is 1. The molecule has 0 bridgehead atoms. The standard InChI is InChI=1S/C9H11Br2NOS/c1-5(13)6(2)14-9-8(11)3-7(10)4-12-9/h3-6,13H,1-2H3. The van der Waals surface area contributed by atoms with Crippen molar-refractivity contribution in [1.82, 2.24) is 4.98 Å². The molecular weight excluding hydrogens is 330 g/mol. The Labute approximate surface area is 105 Å². The Morgan fingerprint density at radius 1 is 1.43 bits per heavy atom. The van der Waals surface area contributed by atoms with Crippen molar-refractivity contribution < 1.29 is 5.11 Å². The maximum atomic E-state index is 9.35. The quantitative estimate of drug-likeness (QED) is 0.855. The van der Waals surface area contributed by atoms with Gasteiger partial charge in [-0.25, -0.2) is 4.98 Å². The highest BCUT2D eigenvalue weighted by molar-refractivity contribution is 9.11. The van der Waals surface area contributed by atoms with Crippen LogP contribution in [0.3, 0.4) is 0 Å². The molecule has 0 fully saturated rings. The van der Waals surface area contributed by atoms with Crippen molar-refractivity contribution in [2.75, 3.05) is 0 Å². The minimum absolute atomic E-state index is 0.139. The number of nitrogens with zero attached hydrogens (tertiary/aromatic N) is 1. The average molecular weight is 341 g/mol. The van der Waals surface area contributed by atoms with E-state index < -0.39 is 0 Å². The monoisotopic (exact) mass is 339 g/mol. The van der Waals surface area contributed by atoms with Crippen molar-refractivity contribution in [3.63, 3.8) is 0 Å². The first-order valence-corrected chi connectivity index (χ1v) is 6.63. The summed E-state index contributed by atoms with van der Waals surface area (Å²) < 4.78 is 1.89. The van der Waals surface area contributed by atoms with Crippen LogP contribution in [0.25, 0.3) is 0 Å². The normalized spacial score (nSPS) is 15.2. The smallest absolute Gasteiger partial charge is 0.111 e.